The Hall–Kier alpha value is -1.82. The van der Waals surface area contributed by atoms with E-state index in [1.54, 1.807) is 24.3 Å². The van der Waals surface area contributed by atoms with E-state index in [-0.39, 0.29) is 5.23 Å². The minimum atomic E-state index is -3.52. The first-order chi connectivity index (χ1) is 7.63. The summed E-state index contributed by atoms with van der Waals surface area (Å²) in [5, 5.41) is 0.648. The van der Waals surface area contributed by atoms with Gasteiger partial charge in [0.05, 0.1) is 12.5 Å². The molecule has 1 heterocycles. The zero-order chi connectivity index (χ0) is 11.6. The second-order valence-corrected chi connectivity index (χ2v) is 4.69. The zero-order valence-corrected chi connectivity index (χ0v) is 9.27. The van der Waals surface area contributed by atoms with Gasteiger partial charge < -0.3 is 9.47 Å². The second-order valence-electron chi connectivity index (χ2n) is 2.98. The van der Waals surface area contributed by atoms with Crippen LogP contribution in [-0.4, -0.2) is 20.8 Å². The first-order valence-corrected chi connectivity index (χ1v) is 5.98. The lowest BCUT2D eigenvalue weighted by Crippen LogP contribution is -2.16. The summed E-state index contributed by atoms with van der Waals surface area (Å²) in [6.07, 6.45) is 1.18. The molecule has 0 saturated carbocycles. The standard InChI is InChI=1S/C10H9NO4S/c1-14-8-4-2-3-5-9(8)15-10-11-6-7-16(10,12)13/h2-7H,1H3. The molecule has 16 heavy (non-hydrogen) atoms. The molecule has 0 N–H and O–H groups in total. The van der Waals surface area contributed by atoms with E-state index >= 15 is 0 Å². The maximum absolute atomic E-state index is 11.4. The van der Waals surface area contributed by atoms with E-state index in [2.05, 4.69) is 4.99 Å². The summed E-state index contributed by atoms with van der Waals surface area (Å²) in [6, 6.07) is 6.75. The summed E-state index contributed by atoms with van der Waals surface area (Å²) in [4.78, 5) is 3.63. The molecule has 6 heteroatoms. The molecule has 1 aliphatic heterocycles. The van der Waals surface area contributed by atoms with Crippen LogP contribution < -0.4 is 9.47 Å². The summed E-state index contributed by atoms with van der Waals surface area (Å²) in [5.74, 6) is 0.767. The number of aliphatic imine (C=N–C) groups is 1. The molecule has 0 spiro atoms. The van der Waals surface area contributed by atoms with Gasteiger partial charge in [-0.2, -0.15) is 0 Å². The first kappa shape index (κ1) is 10.7. The van der Waals surface area contributed by atoms with Crippen LogP contribution >= 0.6 is 0 Å². The second kappa shape index (κ2) is 3.97. The molecule has 0 aliphatic carbocycles. The van der Waals surface area contributed by atoms with Crippen molar-refractivity contribution in [1.29, 1.82) is 0 Å². The van der Waals surface area contributed by atoms with Crippen LogP contribution in [0.1, 0.15) is 0 Å². The maximum Gasteiger partial charge on any atom is 0.319 e. The van der Waals surface area contributed by atoms with E-state index in [9.17, 15) is 8.42 Å². The number of para-hydroxylation sites is 2. The van der Waals surface area contributed by atoms with Gasteiger partial charge in [-0.15, -0.1) is 0 Å². The quantitative estimate of drug-likeness (QED) is 0.781. The van der Waals surface area contributed by atoms with Crippen molar-refractivity contribution in [2.75, 3.05) is 7.11 Å². The molecule has 0 saturated heterocycles. The van der Waals surface area contributed by atoms with Crippen LogP contribution in [0.25, 0.3) is 0 Å². The molecular formula is C10H9NO4S. The van der Waals surface area contributed by atoms with Gasteiger partial charge >= 0.3 is 5.23 Å². The molecule has 0 fully saturated rings. The fraction of sp³-hybridized carbons (Fsp3) is 0.100. The zero-order valence-electron chi connectivity index (χ0n) is 8.45. The Morgan fingerprint density at radius 3 is 2.44 bits per heavy atom. The third kappa shape index (κ3) is 1.92. The monoisotopic (exact) mass is 239 g/mol. The van der Waals surface area contributed by atoms with E-state index in [0.717, 1.165) is 5.41 Å². The van der Waals surface area contributed by atoms with Crippen molar-refractivity contribution in [3.8, 4) is 11.5 Å². The van der Waals surface area contributed by atoms with Gasteiger partial charge in [0.15, 0.2) is 11.5 Å². The molecule has 1 aromatic rings. The van der Waals surface area contributed by atoms with Gasteiger partial charge in [-0.25, -0.2) is 13.4 Å². The molecule has 0 atom stereocenters. The Kier molecular flexibility index (Phi) is 2.66. The number of methoxy groups -OCH3 is 1. The predicted molar refractivity (Wildman–Crippen MR) is 59.1 cm³/mol. The first-order valence-electron chi connectivity index (χ1n) is 4.44. The molecule has 0 radical (unpaired) electrons. The molecule has 0 amide bonds. The molecule has 5 nitrogen and oxygen atoms in total. The molecule has 0 aromatic heterocycles. The molecular weight excluding hydrogens is 230 g/mol. The Balaban J connectivity index is 2.29. The molecule has 84 valence electrons. The molecule has 0 bridgehead atoms. The fourth-order valence-corrected chi connectivity index (χ4v) is 1.94. The topological polar surface area (TPSA) is 65.0 Å². The van der Waals surface area contributed by atoms with Crippen molar-refractivity contribution in [3.63, 3.8) is 0 Å². The van der Waals surface area contributed by atoms with Crippen LogP contribution in [0.5, 0.6) is 11.5 Å². The van der Waals surface area contributed by atoms with Crippen LogP contribution in [0.15, 0.2) is 40.9 Å². The fourth-order valence-electron chi connectivity index (χ4n) is 1.18. The number of benzene rings is 1. The molecule has 2 rings (SSSR count). The normalized spacial score (nSPS) is 16.9. The van der Waals surface area contributed by atoms with E-state index in [4.69, 9.17) is 9.47 Å². The van der Waals surface area contributed by atoms with Crippen LogP contribution in [0.4, 0.5) is 0 Å². The lowest BCUT2D eigenvalue weighted by atomic mass is 10.3. The van der Waals surface area contributed by atoms with E-state index in [0.29, 0.717) is 11.5 Å². The van der Waals surface area contributed by atoms with Crippen LogP contribution in [0.2, 0.25) is 0 Å². The van der Waals surface area contributed by atoms with Gasteiger partial charge in [-0.05, 0) is 12.1 Å². The van der Waals surface area contributed by atoms with Gasteiger partial charge in [-0.3, -0.25) is 0 Å². The summed E-state index contributed by atoms with van der Waals surface area (Å²) >= 11 is 0. The Labute approximate surface area is 92.9 Å². The minimum Gasteiger partial charge on any atom is -0.493 e. The largest absolute Gasteiger partial charge is 0.493 e. The van der Waals surface area contributed by atoms with Gasteiger partial charge in [0.25, 0.3) is 9.84 Å². The number of rotatable bonds is 2. The molecule has 1 aliphatic rings. The highest BCUT2D eigenvalue weighted by molar-refractivity contribution is 8.08. The minimum absolute atomic E-state index is 0.316. The van der Waals surface area contributed by atoms with Crippen molar-refractivity contribution in [1.82, 2.24) is 0 Å². The van der Waals surface area contributed by atoms with Gasteiger partial charge in [0, 0.05) is 6.20 Å². The molecule has 1 aromatic carbocycles. The summed E-state index contributed by atoms with van der Waals surface area (Å²) in [6.45, 7) is 0. The third-order valence-electron chi connectivity index (χ3n) is 1.93. The van der Waals surface area contributed by atoms with Gasteiger partial charge in [-0.1, -0.05) is 12.1 Å². The van der Waals surface area contributed by atoms with Gasteiger partial charge in [0.2, 0.25) is 0 Å². The van der Waals surface area contributed by atoms with Crippen molar-refractivity contribution in [2.45, 2.75) is 0 Å². The number of hydrogen-bond donors (Lipinski definition) is 0. The highest BCUT2D eigenvalue weighted by Gasteiger charge is 2.23. The SMILES string of the molecule is COc1ccccc1OC1=NC=CS1(=O)=O. The summed E-state index contributed by atoms with van der Waals surface area (Å²) in [5.41, 5.74) is 0. The predicted octanol–water partition coefficient (Wildman–Crippen LogP) is 1.33. The Bertz CT molecular complexity index is 560. The Morgan fingerprint density at radius 1 is 1.19 bits per heavy atom. The number of ether oxygens (including phenoxy) is 2. The number of nitrogens with zero attached hydrogens (tertiary/aromatic N) is 1. The van der Waals surface area contributed by atoms with E-state index in [1.165, 1.54) is 13.3 Å². The van der Waals surface area contributed by atoms with Crippen LogP contribution in [0.3, 0.4) is 0 Å². The van der Waals surface area contributed by atoms with E-state index in [1.807, 2.05) is 0 Å². The lowest BCUT2D eigenvalue weighted by molar-refractivity contribution is 0.392. The maximum atomic E-state index is 11.4. The van der Waals surface area contributed by atoms with E-state index < -0.39 is 9.84 Å². The van der Waals surface area contributed by atoms with Gasteiger partial charge in [0.1, 0.15) is 0 Å². The average Bonchev–Trinajstić information content (AvgIpc) is 2.59. The number of hydrogen-bond acceptors (Lipinski definition) is 5. The number of sulfone groups is 1. The summed E-state index contributed by atoms with van der Waals surface area (Å²) < 4.78 is 33.0. The van der Waals surface area contributed by atoms with Crippen LogP contribution in [-0.2, 0) is 9.84 Å². The average molecular weight is 239 g/mol. The summed E-state index contributed by atoms with van der Waals surface area (Å²) in [7, 11) is -2.04. The van der Waals surface area contributed by atoms with Crippen molar-refractivity contribution >= 4 is 15.1 Å². The molecule has 0 unspecified atom stereocenters. The van der Waals surface area contributed by atoms with Crippen molar-refractivity contribution < 1.29 is 17.9 Å². The van der Waals surface area contributed by atoms with Crippen molar-refractivity contribution in [2.24, 2.45) is 4.99 Å². The smallest absolute Gasteiger partial charge is 0.319 e. The highest BCUT2D eigenvalue weighted by Crippen LogP contribution is 2.27. The Morgan fingerprint density at radius 2 is 1.88 bits per heavy atom. The highest BCUT2D eigenvalue weighted by atomic mass is 32.2. The lowest BCUT2D eigenvalue weighted by Gasteiger charge is -2.08. The van der Waals surface area contributed by atoms with Crippen molar-refractivity contribution in [3.05, 3.63) is 35.9 Å². The third-order valence-corrected chi connectivity index (χ3v) is 3.09. The van der Waals surface area contributed by atoms with Crippen LogP contribution in [0, 0.1) is 0 Å².